The molecule has 4 atom stereocenters. The van der Waals surface area contributed by atoms with E-state index in [0.717, 1.165) is 43.3 Å². The van der Waals surface area contributed by atoms with E-state index < -0.39 is 0 Å². The van der Waals surface area contributed by atoms with Crippen LogP contribution in [0.1, 0.15) is 61.4 Å². The number of hydrogen-bond acceptors (Lipinski definition) is 2. The summed E-state index contributed by atoms with van der Waals surface area (Å²) in [5.41, 5.74) is 2.16. The molecular formula is C22H31N3O2. The average Bonchev–Trinajstić information content (AvgIpc) is 3.40. The number of likely N-dealkylation sites (tertiary alicyclic amines) is 1. The third kappa shape index (κ3) is 3.69. The largest absolute Gasteiger partial charge is 0.339 e. The molecule has 2 bridgehead atoms. The standard InChI is InChI=1S/C22H31N3O2/c1-14-6-5-7-18(21(26)25-10-3-4-11-25)20(14)24-22(27)23-15(2)19-13-16-8-9-17(19)12-16/h5-7,15-17,19H,3-4,8-13H2,1-2H3,(H2,23,24,27)/t15-,16+,17+,19+/m0/s1. The Morgan fingerprint density at radius 3 is 2.59 bits per heavy atom. The summed E-state index contributed by atoms with van der Waals surface area (Å²) in [4.78, 5) is 27.4. The number of para-hydroxylation sites is 1. The third-order valence-electron chi connectivity index (χ3n) is 6.93. The van der Waals surface area contributed by atoms with Gasteiger partial charge >= 0.3 is 6.03 Å². The van der Waals surface area contributed by atoms with Crippen molar-refractivity contribution in [1.82, 2.24) is 10.2 Å². The average molecular weight is 370 g/mol. The van der Waals surface area contributed by atoms with Gasteiger partial charge < -0.3 is 15.5 Å². The molecule has 0 spiro atoms. The normalized spacial score (nSPS) is 27.6. The molecule has 0 unspecified atom stereocenters. The van der Waals surface area contributed by atoms with Crippen LogP contribution in [0.2, 0.25) is 0 Å². The van der Waals surface area contributed by atoms with Gasteiger partial charge in [0, 0.05) is 19.1 Å². The molecule has 3 fully saturated rings. The molecule has 1 saturated heterocycles. The van der Waals surface area contributed by atoms with Gasteiger partial charge in [-0.15, -0.1) is 0 Å². The van der Waals surface area contributed by atoms with Crippen molar-refractivity contribution in [2.45, 2.75) is 58.4 Å². The molecule has 1 aromatic rings. The van der Waals surface area contributed by atoms with Gasteiger partial charge in [-0.25, -0.2) is 4.79 Å². The van der Waals surface area contributed by atoms with E-state index in [1.54, 1.807) is 0 Å². The zero-order valence-corrected chi connectivity index (χ0v) is 16.5. The molecular weight excluding hydrogens is 338 g/mol. The summed E-state index contributed by atoms with van der Waals surface area (Å²) >= 11 is 0. The van der Waals surface area contributed by atoms with Gasteiger partial charge in [0.05, 0.1) is 11.3 Å². The highest BCUT2D eigenvalue weighted by Gasteiger charge is 2.42. The number of anilines is 1. The summed E-state index contributed by atoms with van der Waals surface area (Å²) in [5.74, 6) is 2.26. The topological polar surface area (TPSA) is 61.4 Å². The number of amides is 3. The molecule has 3 aliphatic rings. The van der Waals surface area contributed by atoms with E-state index >= 15 is 0 Å². The second-order valence-corrected chi connectivity index (χ2v) is 8.72. The quantitative estimate of drug-likeness (QED) is 0.836. The summed E-state index contributed by atoms with van der Waals surface area (Å²) < 4.78 is 0. The highest BCUT2D eigenvalue weighted by atomic mass is 16.2. The van der Waals surface area contributed by atoms with Crippen LogP contribution in [0.3, 0.4) is 0 Å². The molecule has 1 aromatic carbocycles. The summed E-state index contributed by atoms with van der Waals surface area (Å²) in [5, 5.41) is 6.13. The van der Waals surface area contributed by atoms with Crippen LogP contribution in [-0.2, 0) is 0 Å². The van der Waals surface area contributed by atoms with Crippen LogP contribution >= 0.6 is 0 Å². The SMILES string of the molecule is Cc1cccc(C(=O)N2CCCC2)c1NC(=O)N[C@@H](C)[C@H]1C[C@@H]2CC[C@@H]1C2. The summed E-state index contributed by atoms with van der Waals surface area (Å²) in [6.45, 7) is 5.67. The lowest BCUT2D eigenvalue weighted by Gasteiger charge is -2.28. The van der Waals surface area contributed by atoms with Crippen LogP contribution < -0.4 is 10.6 Å². The van der Waals surface area contributed by atoms with Crippen molar-refractivity contribution in [2.24, 2.45) is 17.8 Å². The van der Waals surface area contributed by atoms with E-state index in [1.165, 1.54) is 25.7 Å². The molecule has 0 aromatic heterocycles. The first-order valence-corrected chi connectivity index (χ1v) is 10.5. The lowest BCUT2D eigenvalue weighted by molar-refractivity contribution is 0.0794. The second-order valence-electron chi connectivity index (χ2n) is 8.72. The Kier molecular flexibility index (Phi) is 5.11. The lowest BCUT2D eigenvalue weighted by atomic mass is 9.84. The predicted octanol–water partition coefficient (Wildman–Crippen LogP) is 4.18. The maximum Gasteiger partial charge on any atom is 0.319 e. The molecule has 1 heterocycles. The molecule has 27 heavy (non-hydrogen) atoms. The summed E-state index contributed by atoms with van der Waals surface area (Å²) in [7, 11) is 0. The van der Waals surface area contributed by atoms with Gasteiger partial charge in [0.1, 0.15) is 0 Å². The van der Waals surface area contributed by atoms with Gasteiger partial charge in [-0.3, -0.25) is 4.79 Å². The Bertz CT molecular complexity index is 726. The smallest absolute Gasteiger partial charge is 0.319 e. The van der Waals surface area contributed by atoms with Crippen molar-refractivity contribution in [3.05, 3.63) is 29.3 Å². The minimum Gasteiger partial charge on any atom is -0.339 e. The molecule has 0 radical (unpaired) electrons. The van der Waals surface area contributed by atoms with Crippen LogP contribution in [-0.4, -0.2) is 36.0 Å². The predicted molar refractivity (Wildman–Crippen MR) is 107 cm³/mol. The van der Waals surface area contributed by atoms with Crippen LogP contribution in [0.4, 0.5) is 10.5 Å². The Morgan fingerprint density at radius 2 is 1.93 bits per heavy atom. The number of aryl methyl sites for hydroxylation is 1. The molecule has 2 saturated carbocycles. The highest BCUT2D eigenvalue weighted by molar-refractivity contribution is 6.04. The van der Waals surface area contributed by atoms with Crippen molar-refractivity contribution in [1.29, 1.82) is 0 Å². The number of rotatable bonds is 4. The van der Waals surface area contributed by atoms with Gasteiger partial charge in [-0.05, 0) is 75.3 Å². The monoisotopic (exact) mass is 369 g/mol. The maximum absolute atomic E-state index is 12.9. The van der Waals surface area contributed by atoms with Crippen molar-refractivity contribution < 1.29 is 9.59 Å². The van der Waals surface area contributed by atoms with Crippen LogP contribution in [0.25, 0.3) is 0 Å². The number of nitrogens with one attached hydrogen (secondary N) is 2. The molecule has 5 heteroatoms. The van der Waals surface area contributed by atoms with Gasteiger partial charge in [-0.2, -0.15) is 0 Å². The van der Waals surface area contributed by atoms with Crippen LogP contribution in [0, 0.1) is 24.7 Å². The van der Waals surface area contributed by atoms with Crippen molar-refractivity contribution in [3.63, 3.8) is 0 Å². The third-order valence-corrected chi connectivity index (χ3v) is 6.93. The molecule has 1 aliphatic heterocycles. The van der Waals surface area contributed by atoms with E-state index in [2.05, 4.69) is 17.6 Å². The Hall–Kier alpha value is -2.04. The van der Waals surface area contributed by atoms with Gasteiger partial charge in [0.15, 0.2) is 0 Å². The number of nitrogens with zero attached hydrogens (tertiary/aromatic N) is 1. The first-order valence-electron chi connectivity index (χ1n) is 10.5. The highest BCUT2D eigenvalue weighted by Crippen LogP contribution is 2.49. The van der Waals surface area contributed by atoms with E-state index in [4.69, 9.17) is 0 Å². The van der Waals surface area contributed by atoms with Gasteiger partial charge in [-0.1, -0.05) is 18.6 Å². The maximum atomic E-state index is 12.9. The Morgan fingerprint density at radius 1 is 1.15 bits per heavy atom. The van der Waals surface area contributed by atoms with Crippen LogP contribution in [0.5, 0.6) is 0 Å². The first kappa shape index (κ1) is 18.3. The Labute approximate surface area is 161 Å². The molecule has 5 nitrogen and oxygen atoms in total. The van der Waals surface area contributed by atoms with Gasteiger partial charge in [0.25, 0.3) is 5.91 Å². The first-order chi connectivity index (χ1) is 13.0. The second kappa shape index (κ2) is 7.53. The number of urea groups is 1. The van der Waals surface area contributed by atoms with E-state index in [9.17, 15) is 9.59 Å². The Balaban J connectivity index is 1.43. The van der Waals surface area contributed by atoms with Crippen molar-refractivity contribution in [2.75, 3.05) is 18.4 Å². The molecule has 3 amide bonds. The molecule has 146 valence electrons. The number of fused-ring (bicyclic) bond motifs is 2. The summed E-state index contributed by atoms with van der Waals surface area (Å²) in [6.07, 6.45) is 7.38. The van der Waals surface area contributed by atoms with Crippen LogP contribution in [0.15, 0.2) is 18.2 Å². The number of carbonyl (C=O) groups is 2. The number of carbonyl (C=O) groups excluding carboxylic acids is 2. The zero-order valence-electron chi connectivity index (χ0n) is 16.5. The zero-order chi connectivity index (χ0) is 19.0. The summed E-state index contributed by atoms with van der Waals surface area (Å²) in [6, 6.07) is 5.62. The molecule has 2 N–H and O–H groups in total. The van der Waals surface area contributed by atoms with Gasteiger partial charge in [0.2, 0.25) is 0 Å². The minimum atomic E-state index is -0.199. The van der Waals surface area contributed by atoms with E-state index in [-0.39, 0.29) is 18.0 Å². The lowest BCUT2D eigenvalue weighted by Crippen LogP contribution is -2.42. The van der Waals surface area contributed by atoms with E-state index in [0.29, 0.717) is 17.2 Å². The fourth-order valence-electron chi connectivity index (χ4n) is 5.47. The molecule has 2 aliphatic carbocycles. The minimum absolute atomic E-state index is 0.0210. The number of benzene rings is 1. The van der Waals surface area contributed by atoms with Crippen molar-refractivity contribution in [3.8, 4) is 0 Å². The van der Waals surface area contributed by atoms with E-state index in [1.807, 2.05) is 30.0 Å². The van der Waals surface area contributed by atoms with Crippen molar-refractivity contribution >= 4 is 17.6 Å². The fourth-order valence-corrected chi connectivity index (χ4v) is 5.47. The fraction of sp³-hybridized carbons (Fsp3) is 0.636. The number of hydrogen-bond donors (Lipinski definition) is 2. The molecule has 4 rings (SSSR count).